The van der Waals surface area contributed by atoms with Crippen LogP contribution >= 0.6 is 0 Å². The Morgan fingerprint density at radius 2 is 2.17 bits per heavy atom. The highest BCUT2D eigenvalue weighted by Crippen LogP contribution is 2.19. The number of ether oxygens (including phenoxy) is 1. The second-order valence-electron chi connectivity index (χ2n) is 3.88. The highest BCUT2D eigenvalue weighted by atomic mass is 16.5. The summed E-state index contributed by atoms with van der Waals surface area (Å²) in [6, 6.07) is 7.79. The average molecular weight is 248 g/mol. The van der Waals surface area contributed by atoms with Gasteiger partial charge in [0.2, 0.25) is 0 Å². The van der Waals surface area contributed by atoms with Crippen molar-refractivity contribution in [2.24, 2.45) is 0 Å². The molecule has 0 atom stereocenters. The minimum Gasteiger partial charge on any atom is -0.496 e. The normalized spacial score (nSPS) is 10.6. The predicted octanol–water partition coefficient (Wildman–Crippen LogP) is 0.655. The molecule has 0 unspecified atom stereocenters. The molecule has 1 aromatic heterocycles. The number of nitrogens with zero attached hydrogens (tertiary/aromatic N) is 4. The topological polar surface area (TPSA) is 73.1 Å². The van der Waals surface area contributed by atoms with Crippen LogP contribution in [0.15, 0.2) is 24.3 Å². The zero-order valence-corrected chi connectivity index (χ0v) is 10.3. The van der Waals surface area contributed by atoms with Gasteiger partial charge in [-0.15, -0.1) is 5.10 Å². The number of para-hydroxylation sites is 1. The Bertz CT molecular complexity index is 498. The third-order valence-corrected chi connectivity index (χ3v) is 2.68. The largest absolute Gasteiger partial charge is 0.496 e. The SMILES string of the molecule is COc1ccccc1Cc1nnnn1CCCO. The first kappa shape index (κ1) is 12.5. The summed E-state index contributed by atoms with van der Waals surface area (Å²) >= 11 is 0. The number of aryl methyl sites for hydroxylation is 1. The van der Waals surface area contributed by atoms with Crippen LogP contribution in [0.3, 0.4) is 0 Å². The molecule has 2 aromatic rings. The van der Waals surface area contributed by atoms with Crippen molar-refractivity contribution in [3.05, 3.63) is 35.7 Å². The van der Waals surface area contributed by atoms with Crippen LogP contribution in [0, 0.1) is 0 Å². The van der Waals surface area contributed by atoms with Gasteiger partial charge < -0.3 is 9.84 Å². The van der Waals surface area contributed by atoms with Gasteiger partial charge in [-0.2, -0.15) is 0 Å². The highest BCUT2D eigenvalue weighted by molar-refractivity contribution is 5.35. The Morgan fingerprint density at radius 1 is 1.33 bits per heavy atom. The van der Waals surface area contributed by atoms with Crippen molar-refractivity contribution in [2.75, 3.05) is 13.7 Å². The van der Waals surface area contributed by atoms with E-state index in [-0.39, 0.29) is 6.61 Å². The summed E-state index contributed by atoms with van der Waals surface area (Å²) < 4.78 is 7.01. The summed E-state index contributed by atoms with van der Waals surface area (Å²) in [6.45, 7) is 0.752. The molecule has 0 saturated heterocycles. The van der Waals surface area contributed by atoms with Gasteiger partial charge in [-0.05, 0) is 22.9 Å². The number of methoxy groups -OCH3 is 1. The summed E-state index contributed by atoms with van der Waals surface area (Å²) in [6.07, 6.45) is 1.26. The van der Waals surface area contributed by atoms with Crippen molar-refractivity contribution in [1.29, 1.82) is 0 Å². The maximum atomic E-state index is 8.83. The second-order valence-corrected chi connectivity index (χ2v) is 3.88. The van der Waals surface area contributed by atoms with Gasteiger partial charge in [-0.1, -0.05) is 18.2 Å². The number of aliphatic hydroxyl groups excluding tert-OH is 1. The monoisotopic (exact) mass is 248 g/mol. The lowest BCUT2D eigenvalue weighted by Gasteiger charge is -2.08. The molecule has 6 nitrogen and oxygen atoms in total. The molecule has 0 aliphatic heterocycles. The number of tetrazole rings is 1. The Kier molecular flexibility index (Phi) is 4.25. The molecule has 18 heavy (non-hydrogen) atoms. The molecule has 0 aliphatic carbocycles. The van der Waals surface area contributed by atoms with E-state index < -0.39 is 0 Å². The van der Waals surface area contributed by atoms with E-state index in [1.165, 1.54) is 0 Å². The molecule has 1 heterocycles. The fourth-order valence-electron chi connectivity index (χ4n) is 1.76. The molecule has 0 fully saturated rings. The van der Waals surface area contributed by atoms with Crippen LogP contribution in [0.4, 0.5) is 0 Å². The van der Waals surface area contributed by atoms with Crippen LogP contribution in [0.2, 0.25) is 0 Å². The molecule has 0 bridgehead atoms. The van der Waals surface area contributed by atoms with Crippen LogP contribution < -0.4 is 4.74 Å². The van der Waals surface area contributed by atoms with Crippen molar-refractivity contribution in [2.45, 2.75) is 19.4 Å². The lowest BCUT2D eigenvalue weighted by molar-refractivity contribution is 0.275. The van der Waals surface area contributed by atoms with Crippen LogP contribution in [0.25, 0.3) is 0 Å². The van der Waals surface area contributed by atoms with Gasteiger partial charge in [0.1, 0.15) is 5.75 Å². The Morgan fingerprint density at radius 3 is 2.94 bits per heavy atom. The standard InChI is InChI=1S/C12H16N4O2/c1-18-11-6-3-2-5-10(11)9-12-13-14-15-16(12)7-4-8-17/h2-3,5-6,17H,4,7-9H2,1H3. The van der Waals surface area contributed by atoms with Gasteiger partial charge in [0.05, 0.1) is 7.11 Å². The molecular weight excluding hydrogens is 232 g/mol. The van der Waals surface area contributed by atoms with E-state index in [9.17, 15) is 0 Å². The van der Waals surface area contributed by atoms with Crippen molar-refractivity contribution in [1.82, 2.24) is 20.2 Å². The second kappa shape index (κ2) is 6.11. The molecular formula is C12H16N4O2. The first-order chi connectivity index (χ1) is 8.85. The summed E-state index contributed by atoms with van der Waals surface area (Å²) in [7, 11) is 1.65. The van der Waals surface area contributed by atoms with Gasteiger partial charge in [0.25, 0.3) is 0 Å². The lowest BCUT2D eigenvalue weighted by atomic mass is 10.1. The quantitative estimate of drug-likeness (QED) is 0.812. The van der Waals surface area contributed by atoms with Crippen molar-refractivity contribution in [3.8, 4) is 5.75 Å². The molecule has 0 amide bonds. The molecule has 2 rings (SSSR count). The third-order valence-electron chi connectivity index (χ3n) is 2.68. The zero-order chi connectivity index (χ0) is 12.8. The molecule has 0 saturated carbocycles. The van der Waals surface area contributed by atoms with Crippen molar-refractivity contribution >= 4 is 0 Å². The van der Waals surface area contributed by atoms with E-state index in [0.29, 0.717) is 19.4 Å². The smallest absolute Gasteiger partial charge is 0.155 e. The van der Waals surface area contributed by atoms with Crippen LogP contribution in [0.1, 0.15) is 17.8 Å². The number of aromatic nitrogens is 4. The maximum absolute atomic E-state index is 8.83. The molecule has 0 spiro atoms. The lowest BCUT2D eigenvalue weighted by Crippen LogP contribution is -2.08. The van der Waals surface area contributed by atoms with Gasteiger partial charge in [-0.25, -0.2) is 4.68 Å². The highest BCUT2D eigenvalue weighted by Gasteiger charge is 2.09. The van der Waals surface area contributed by atoms with E-state index >= 15 is 0 Å². The predicted molar refractivity (Wildman–Crippen MR) is 65.3 cm³/mol. The summed E-state index contributed by atoms with van der Waals surface area (Å²) in [5.41, 5.74) is 1.04. The number of hydrogen-bond acceptors (Lipinski definition) is 5. The van der Waals surface area contributed by atoms with E-state index in [1.807, 2.05) is 24.3 Å². The van der Waals surface area contributed by atoms with E-state index in [0.717, 1.165) is 17.1 Å². The minimum absolute atomic E-state index is 0.133. The third kappa shape index (κ3) is 2.84. The van der Waals surface area contributed by atoms with Gasteiger partial charge in [0.15, 0.2) is 5.82 Å². The van der Waals surface area contributed by atoms with E-state index in [2.05, 4.69) is 15.5 Å². The van der Waals surface area contributed by atoms with E-state index in [1.54, 1.807) is 11.8 Å². The molecule has 1 aromatic carbocycles. The zero-order valence-electron chi connectivity index (χ0n) is 10.3. The first-order valence-corrected chi connectivity index (χ1v) is 5.83. The number of rotatable bonds is 6. The molecule has 96 valence electrons. The van der Waals surface area contributed by atoms with Crippen LogP contribution in [-0.2, 0) is 13.0 Å². The van der Waals surface area contributed by atoms with Crippen molar-refractivity contribution in [3.63, 3.8) is 0 Å². The van der Waals surface area contributed by atoms with Crippen molar-refractivity contribution < 1.29 is 9.84 Å². The molecule has 1 N–H and O–H groups in total. The van der Waals surface area contributed by atoms with Crippen LogP contribution in [0.5, 0.6) is 5.75 Å². The van der Waals surface area contributed by atoms with Gasteiger partial charge >= 0.3 is 0 Å². The minimum atomic E-state index is 0.133. The Hall–Kier alpha value is -1.95. The van der Waals surface area contributed by atoms with Gasteiger partial charge in [0, 0.05) is 25.1 Å². The molecule has 0 aliphatic rings. The average Bonchev–Trinajstić information content (AvgIpc) is 2.84. The number of benzene rings is 1. The first-order valence-electron chi connectivity index (χ1n) is 5.83. The fraction of sp³-hybridized carbons (Fsp3) is 0.417. The van der Waals surface area contributed by atoms with E-state index in [4.69, 9.17) is 9.84 Å². The maximum Gasteiger partial charge on any atom is 0.155 e. The molecule has 0 radical (unpaired) electrons. The summed E-state index contributed by atoms with van der Waals surface area (Å²) in [5, 5.41) is 20.4. The molecule has 6 heteroatoms. The summed E-state index contributed by atoms with van der Waals surface area (Å²) in [5.74, 6) is 1.60. The Labute approximate surface area is 105 Å². The summed E-state index contributed by atoms with van der Waals surface area (Å²) in [4.78, 5) is 0. The van der Waals surface area contributed by atoms with Gasteiger partial charge in [-0.3, -0.25) is 0 Å². The number of aliphatic hydroxyl groups is 1. The number of hydrogen-bond donors (Lipinski definition) is 1. The fourth-order valence-corrected chi connectivity index (χ4v) is 1.76. The Balaban J connectivity index is 2.15. The van der Waals surface area contributed by atoms with Crippen LogP contribution in [-0.4, -0.2) is 39.0 Å².